The van der Waals surface area contributed by atoms with Gasteiger partial charge in [0.2, 0.25) is 0 Å². The second kappa shape index (κ2) is 5.60. The van der Waals surface area contributed by atoms with Gasteiger partial charge in [0.15, 0.2) is 9.84 Å². The number of nitrogens with zero attached hydrogens (tertiary/aromatic N) is 1. The van der Waals surface area contributed by atoms with Crippen LogP contribution in [0.3, 0.4) is 0 Å². The Hall–Kier alpha value is -0.920. The third-order valence-electron chi connectivity index (χ3n) is 3.38. The van der Waals surface area contributed by atoms with Gasteiger partial charge in [0.05, 0.1) is 17.9 Å². The normalized spacial score (nSPS) is 23.3. The van der Waals surface area contributed by atoms with Gasteiger partial charge in [0.25, 0.3) is 0 Å². The molecule has 1 aromatic heterocycles. The van der Waals surface area contributed by atoms with E-state index in [4.69, 9.17) is 5.11 Å². The number of hydrogen-bond acceptors (Lipinski definition) is 5. The Balaban J connectivity index is 2.13. The van der Waals surface area contributed by atoms with Crippen LogP contribution in [0, 0.1) is 6.92 Å². The summed E-state index contributed by atoms with van der Waals surface area (Å²) in [4.78, 5) is 14.0. The highest BCUT2D eigenvalue weighted by Crippen LogP contribution is 2.22. The monoisotopic (exact) mass is 303 g/mol. The van der Waals surface area contributed by atoms with Gasteiger partial charge in [0.1, 0.15) is 0 Å². The first kappa shape index (κ1) is 14.5. The minimum absolute atomic E-state index is 0.0519. The van der Waals surface area contributed by atoms with Crippen LogP contribution in [-0.2, 0) is 21.2 Å². The molecule has 106 valence electrons. The summed E-state index contributed by atoms with van der Waals surface area (Å²) < 4.78 is 23.3. The number of carboxylic acid groups (broad SMARTS) is 1. The van der Waals surface area contributed by atoms with Crippen LogP contribution in [0.2, 0.25) is 0 Å². The molecule has 1 unspecified atom stereocenters. The lowest BCUT2D eigenvalue weighted by atomic mass is 10.2. The number of hydrogen-bond donors (Lipinski definition) is 1. The highest BCUT2D eigenvalue weighted by atomic mass is 32.2. The number of carbonyl (C=O) groups is 1. The molecular formula is C12H17NO4S2. The number of thiophene rings is 1. The standard InChI is InChI=1S/C12H17NO4S2/c1-9-2-4-18-11(9)7-13-3-5-19(16,17)8-10(13)6-12(14)15/h2,4,10H,3,5-8H2,1H3,(H,14,15). The van der Waals surface area contributed by atoms with Crippen LogP contribution in [0.25, 0.3) is 0 Å². The summed E-state index contributed by atoms with van der Waals surface area (Å²) >= 11 is 1.63. The zero-order chi connectivity index (χ0) is 14.0. The molecule has 0 radical (unpaired) electrons. The third kappa shape index (κ3) is 3.77. The third-order valence-corrected chi connectivity index (χ3v) is 6.08. The van der Waals surface area contributed by atoms with Crippen molar-refractivity contribution in [3.63, 3.8) is 0 Å². The van der Waals surface area contributed by atoms with Gasteiger partial charge >= 0.3 is 5.97 Å². The molecule has 0 aromatic carbocycles. The summed E-state index contributed by atoms with van der Waals surface area (Å²) in [5.41, 5.74) is 1.17. The lowest BCUT2D eigenvalue weighted by Gasteiger charge is -2.34. The molecule has 7 heteroatoms. The molecule has 1 aliphatic rings. The molecule has 5 nitrogen and oxygen atoms in total. The van der Waals surface area contributed by atoms with Crippen LogP contribution >= 0.6 is 11.3 Å². The summed E-state index contributed by atoms with van der Waals surface area (Å²) in [6, 6.07) is 1.60. The Morgan fingerprint density at radius 3 is 2.89 bits per heavy atom. The molecule has 1 saturated heterocycles. The maximum Gasteiger partial charge on any atom is 0.304 e. The number of sulfone groups is 1. The molecular weight excluding hydrogens is 286 g/mol. The number of aliphatic carboxylic acids is 1. The van der Waals surface area contributed by atoms with Crippen molar-refractivity contribution in [2.75, 3.05) is 18.1 Å². The average molecular weight is 303 g/mol. The Morgan fingerprint density at radius 1 is 1.58 bits per heavy atom. The number of carboxylic acids is 1. The van der Waals surface area contributed by atoms with E-state index >= 15 is 0 Å². The van der Waals surface area contributed by atoms with E-state index in [1.165, 1.54) is 10.4 Å². The molecule has 19 heavy (non-hydrogen) atoms. The van der Waals surface area contributed by atoms with Crippen LogP contribution < -0.4 is 0 Å². The van der Waals surface area contributed by atoms with Crippen LogP contribution in [0.4, 0.5) is 0 Å². The molecule has 0 amide bonds. The quantitative estimate of drug-likeness (QED) is 0.902. The zero-order valence-electron chi connectivity index (χ0n) is 10.7. The van der Waals surface area contributed by atoms with E-state index in [0.29, 0.717) is 13.1 Å². The molecule has 1 fully saturated rings. The van der Waals surface area contributed by atoms with Crippen molar-refractivity contribution in [2.45, 2.75) is 25.9 Å². The van der Waals surface area contributed by atoms with Crippen LogP contribution in [0.1, 0.15) is 16.9 Å². The smallest absolute Gasteiger partial charge is 0.304 e. The molecule has 0 spiro atoms. The van der Waals surface area contributed by atoms with Crippen molar-refractivity contribution in [1.82, 2.24) is 4.90 Å². The topological polar surface area (TPSA) is 74.7 Å². The Morgan fingerprint density at radius 2 is 2.32 bits per heavy atom. The SMILES string of the molecule is Cc1ccsc1CN1CCS(=O)(=O)CC1CC(=O)O. The van der Waals surface area contributed by atoms with Gasteiger partial charge in [-0.25, -0.2) is 8.42 Å². The molecule has 0 bridgehead atoms. The van der Waals surface area contributed by atoms with Crippen molar-refractivity contribution in [2.24, 2.45) is 0 Å². The first-order valence-corrected chi connectivity index (χ1v) is 8.77. The molecule has 1 atom stereocenters. The highest BCUT2D eigenvalue weighted by Gasteiger charge is 2.32. The fourth-order valence-corrected chi connectivity index (χ4v) is 4.79. The van der Waals surface area contributed by atoms with E-state index in [1.807, 2.05) is 23.3 Å². The Kier molecular flexibility index (Phi) is 4.27. The van der Waals surface area contributed by atoms with E-state index in [2.05, 4.69) is 0 Å². The zero-order valence-corrected chi connectivity index (χ0v) is 12.3. The Labute approximate surface area is 116 Å². The molecule has 0 aliphatic carbocycles. The van der Waals surface area contributed by atoms with Crippen molar-refractivity contribution >= 4 is 27.1 Å². The lowest BCUT2D eigenvalue weighted by molar-refractivity contribution is -0.138. The van der Waals surface area contributed by atoms with Crippen LogP contribution in [0.5, 0.6) is 0 Å². The van der Waals surface area contributed by atoms with Gasteiger partial charge in [-0.15, -0.1) is 11.3 Å². The minimum atomic E-state index is -3.10. The van der Waals surface area contributed by atoms with E-state index in [9.17, 15) is 13.2 Å². The van der Waals surface area contributed by atoms with Gasteiger partial charge in [-0.2, -0.15) is 0 Å². The second-order valence-electron chi connectivity index (χ2n) is 4.86. The number of rotatable bonds is 4. The molecule has 1 aromatic rings. The molecule has 1 aliphatic heterocycles. The van der Waals surface area contributed by atoms with E-state index < -0.39 is 21.8 Å². The molecule has 1 N–H and O–H groups in total. The van der Waals surface area contributed by atoms with Gasteiger partial charge in [0, 0.05) is 24.0 Å². The van der Waals surface area contributed by atoms with Gasteiger partial charge in [-0.05, 0) is 23.9 Å². The maximum atomic E-state index is 11.6. The maximum absolute atomic E-state index is 11.6. The Bertz CT molecular complexity index is 564. The first-order chi connectivity index (χ1) is 8.87. The largest absolute Gasteiger partial charge is 0.481 e. The molecule has 2 rings (SSSR count). The molecule has 2 heterocycles. The summed E-state index contributed by atoms with van der Waals surface area (Å²) in [5.74, 6) is -0.882. The van der Waals surface area contributed by atoms with Crippen LogP contribution in [0.15, 0.2) is 11.4 Å². The predicted octanol–water partition coefficient (Wildman–Crippen LogP) is 1.13. The van der Waals surface area contributed by atoms with E-state index in [0.717, 1.165) is 0 Å². The van der Waals surface area contributed by atoms with Crippen molar-refractivity contribution < 1.29 is 18.3 Å². The fourth-order valence-electron chi connectivity index (χ4n) is 2.27. The van der Waals surface area contributed by atoms with E-state index in [-0.39, 0.29) is 17.9 Å². The summed E-state index contributed by atoms with van der Waals surface area (Å²) in [7, 11) is -3.10. The van der Waals surface area contributed by atoms with Gasteiger partial charge < -0.3 is 5.11 Å². The summed E-state index contributed by atoms with van der Waals surface area (Å²) in [6.45, 7) is 3.06. The van der Waals surface area contributed by atoms with Crippen molar-refractivity contribution in [3.05, 3.63) is 21.9 Å². The lowest BCUT2D eigenvalue weighted by Crippen LogP contribution is -2.48. The second-order valence-corrected chi connectivity index (χ2v) is 8.09. The fraction of sp³-hybridized carbons (Fsp3) is 0.583. The predicted molar refractivity (Wildman–Crippen MR) is 74.2 cm³/mol. The van der Waals surface area contributed by atoms with Crippen molar-refractivity contribution in [1.29, 1.82) is 0 Å². The van der Waals surface area contributed by atoms with Gasteiger partial charge in [-0.3, -0.25) is 9.69 Å². The van der Waals surface area contributed by atoms with Crippen LogP contribution in [-0.4, -0.2) is 48.5 Å². The minimum Gasteiger partial charge on any atom is -0.481 e. The molecule has 0 saturated carbocycles. The van der Waals surface area contributed by atoms with Gasteiger partial charge in [-0.1, -0.05) is 0 Å². The first-order valence-electron chi connectivity index (χ1n) is 6.06. The summed E-state index contributed by atoms with van der Waals surface area (Å²) in [5, 5.41) is 10.9. The van der Waals surface area contributed by atoms with E-state index in [1.54, 1.807) is 11.3 Å². The summed E-state index contributed by atoms with van der Waals surface area (Å²) in [6.07, 6.45) is -0.121. The number of aryl methyl sites for hydroxylation is 1. The average Bonchev–Trinajstić information content (AvgIpc) is 2.67. The highest BCUT2D eigenvalue weighted by molar-refractivity contribution is 7.91. The van der Waals surface area contributed by atoms with Crippen molar-refractivity contribution in [3.8, 4) is 0 Å².